The maximum absolute atomic E-state index is 14.3. The minimum atomic E-state index is -0.337. The second-order valence-corrected chi connectivity index (χ2v) is 5.68. The summed E-state index contributed by atoms with van der Waals surface area (Å²) < 4.78 is 21.4. The van der Waals surface area contributed by atoms with Gasteiger partial charge >= 0.3 is 0 Å². The third kappa shape index (κ3) is 3.42. The van der Waals surface area contributed by atoms with Crippen molar-refractivity contribution in [2.24, 2.45) is 5.92 Å². The van der Waals surface area contributed by atoms with Gasteiger partial charge in [0, 0.05) is 25.5 Å². The zero-order valence-electron chi connectivity index (χ0n) is 13.3. The number of rotatable bonds is 6. The SMILES string of the molecule is CCO[C@H]1C[C@H]1C(=O)NCc1ccc(-n2ccnc2C)c(F)c1. The van der Waals surface area contributed by atoms with Crippen LogP contribution in [-0.4, -0.2) is 28.2 Å². The lowest BCUT2D eigenvalue weighted by Crippen LogP contribution is -2.26. The number of carbonyl (C=O) groups is 1. The molecule has 23 heavy (non-hydrogen) atoms. The Balaban J connectivity index is 1.61. The zero-order valence-corrected chi connectivity index (χ0v) is 13.3. The Morgan fingerprint density at radius 2 is 2.35 bits per heavy atom. The van der Waals surface area contributed by atoms with Gasteiger partial charge in [-0.05, 0) is 38.0 Å². The number of ether oxygens (including phenoxy) is 1. The molecule has 1 aromatic carbocycles. The van der Waals surface area contributed by atoms with Gasteiger partial charge in [0.05, 0.1) is 17.7 Å². The second-order valence-electron chi connectivity index (χ2n) is 5.68. The molecule has 0 spiro atoms. The topological polar surface area (TPSA) is 56.1 Å². The van der Waals surface area contributed by atoms with Crippen molar-refractivity contribution in [2.45, 2.75) is 32.9 Å². The summed E-state index contributed by atoms with van der Waals surface area (Å²) in [5.41, 5.74) is 1.18. The number of amides is 1. The molecule has 0 unspecified atom stereocenters. The highest BCUT2D eigenvalue weighted by atomic mass is 19.1. The molecule has 0 aliphatic heterocycles. The summed E-state index contributed by atoms with van der Waals surface area (Å²) in [6.07, 6.45) is 4.17. The van der Waals surface area contributed by atoms with Crippen molar-refractivity contribution in [3.05, 3.63) is 47.8 Å². The monoisotopic (exact) mass is 317 g/mol. The standard InChI is InChI=1S/C17H20FN3O2/c1-3-23-16-9-13(16)17(22)20-10-12-4-5-15(14(18)8-12)21-7-6-19-11(21)2/h4-8,13,16H,3,9-10H2,1-2H3,(H,20,22)/t13-,16+/m1/s1. The van der Waals surface area contributed by atoms with Crippen LogP contribution in [0.2, 0.25) is 0 Å². The lowest BCUT2D eigenvalue weighted by molar-refractivity contribution is -0.123. The molecule has 122 valence electrons. The van der Waals surface area contributed by atoms with E-state index in [1.165, 1.54) is 6.07 Å². The van der Waals surface area contributed by atoms with Crippen LogP contribution in [0.1, 0.15) is 24.7 Å². The van der Waals surface area contributed by atoms with Gasteiger partial charge in [-0.25, -0.2) is 9.37 Å². The molecule has 1 heterocycles. The number of aromatic nitrogens is 2. The Bertz CT molecular complexity index is 714. The quantitative estimate of drug-likeness (QED) is 0.890. The normalized spacial score (nSPS) is 19.6. The molecule has 0 saturated heterocycles. The molecule has 1 aliphatic rings. The van der Waals surface area contributed by atoms with Crippen LogP contribution in [0.15, 0.2) is 30.6 Å². The highest BCUT2D eigenvalue weighted by Gasteiger charge is 2.43. The zero-order chi connectivity index (χ0) is 16.4. The van der Waals surface area contributed by atoms with Crippen LogP contribution < -0.4 is 5.32 Å². The van der Waals surface area contributed by atoms with E-state index in [9.17, 15) is 9.18 Å². The molecule has 0 bridgehead atoms. The lowest BCUT2D eigenvalue weighted by atomic mass is 10.2. The van der Waals surface area contributed by atoms with Crippen molar-refractivity contribution in [1.82, 2.24) is 14.9 Å². The van der Waals surface area contributed by atoms with Gasteiger partial charge < -0.3 is 14.6 Å². The van der Waals surface area contributed by atoms with E-state index in [1.807, 2.05) is 19.9 Å². The molecule has 1 N–H and O–H groups in total. The van der Waals surface area contributed by atoms with E-state index in [0.717, 1.165) is 17.8 Å². The van der Waals surface area contributed by atoms with Crippen molar-refractivity contribution < 1.29 is 13.9 Å². The van der Waals surface area contributed by atoms with Gasteiger partial charge in [-0.1, -0.05) is 6.07 Å². The first-order valence-electron chi connectivity index (χ1n) is 7.78. The molecule has 1 fully saturated rings. The van der Waals surface area contributed by atoms with Crippen LogP contribution >= 0.6 is 0 Å². The minimum absolute atomic E-state index is 0.0293. The smallest absolute Gasteiger partial charge is 0.226 e. The third-order valence-corrected chi connectivity index (χ3v) is 4.01. The number of nitrogens with one attached hydrogen (secondary N) is 1. The minimum Gasteiger partial charge on any atom is -0.378 e. The average Bonchev–Trinajstić information content (AvgIpc) is 3.18. The first kappa shape index (κ1) is 15.7. The fraction of sp³-hybridized carbons (Fsp3) is 0.412. The predicted molar refractivity (Wildman–Crippen MR) is 83.6 cm³/mol. The van der Waals surface area contributed by atoms with E-state index < -0.39 is 0 Å². The summed E-state index contributed by atoms with van der Waals surface area (Å²) in [5.74, 6) is 0.295. The van der Waals surface area contributed by atoms with Gasteiger partial charge in [0.25, 0.3) is 0 Å². The first-order valence-corrected chi connectivity index (χ1v) is 7.78. The van der Waals surface area contributed by atoms with E-state index in [4.69, 9.17) is 4.74 Å². The van der Waals surface area contributed by atoms with Crippen molar-refractivity contribution in [3.63, 3.8) is 0 Å². The Kier molecular flexibility index (Phi) is 4.43. The Morgan fingerprint density at radius 3 is 3.00 bits per heavy atom. The fourth-order valence-corrected chi connectivity index (χ4v) is 2.65. The summed E-state index contributed by atoms with van der Waals surface area (Å²) >= 11 is 0. The molecule has 3 rings (SSSR count). The number of nitrogens with zero attached hydrogens (tertiary/aromatic N) is 2. The maximum Gasteiger partial charge on any atom is 0.226 e. The average molecular weight is 317 g/mol. The summed E-state index contributed by atoms with van der Waals surface area (Å²) in [6, 6.07) is 4.96. The number of hydrogen-bond donors (Lipinski definition) is 1. The Morgan fingerprint density at radius 1 is 1.52 bits per heavy atom. The molecule has 1 amide bonds. The predicted octanol–water partition coefficient (Wildman–Crippen LogP) is 2.36. The summed E-state index contributed by atoms with van der Waals surface area (Å²) in [4.78, 5) is 16.0. The maximum atomic E-state index is 14.3. The van der Waals surface area contributed by atoms with Gasteiger partial charge in [-0.3, -0.25) is 4.79 Å². The van der Waals surface area contributed by atoms with Crippen LogP contribution in [0, 0.1) is 18.7 Å². The fourth-order valence-electron chi connectivity index (χ4n) is 2.65. The van der Waals surface area contributed by atoms with Crippen molar-refractivity contribution in [2.75, 3.05) is 6.61 Å². The number of benzene rings is 1. The molecule has 5 nitrogen and oxygen atoms in total. The molecular formula is C17H20FN3O2. The summed E-state index contributed by atoms with van der Waals surface area (Å²) in [6.45, 7) is 4.67. The van der Waals surface area contributed by atoms with Crippen LogP contribution in [0.25, 0.3) is 5.69 Å². The van der Waals surface area contributed by atoms with Gasteiger partial charge in [0.15, 0.2) is 0 Å². The number of halogens is 1. The molecular weight excluding hydrogens is 297 g/mol. The second kappa shape index (κ2) is 6.50. The molecule has 1 saturated carbocycles. The van der Waals surface area contributed by atoms with E-state index in [2.05, 4.69) is 10.3 Å². The number of imidazole rings is 1. The molecule has 2 aromatic rings. The lowest BCUT2D eigenvalue weighted by Gasteiger charge is -2.09. The van der Waals surface area contributed by atoms with Crippen molar-refractivity contribution in [3.8, 4) is 5.69 Å². The van der Waals surface area contributed by atoms with Crippen molar-refractivity contribution in [1.29, 1.82) is 0 Å². The van der Waals surface area contributed by atoms with Crippen LogP contribution in [-0.2, 0) is 16.1 Å². The number of carbonyl (C=O) groups excluding carboxylic acids is 1. The number of hydrogen-bond acceptors (Lipinski definition) is 3. The van der Waals surface area contributed by atoms with E-state index in [1.54, 1.807) is 23.0 Å². The molecule has 0 radical (unpaired) electrons. The Labute approximate surface area is 134 Å². The van der Waals surface area contributed by atoms with E-state index >= 15 is 0 Å². The highest BCUT2D eigenvalue weighted by molar-refractivity contribution is 5.82. The van der Waals surface area contributed by atoms with Crippen LogP contribution in [0.5, 0.6) is 0 Å². The van der Waals surface area contributed by atoms with Crippen LogP contribution in [0.3, 0.4) is 0 Å². The van der Waals surface area contributed by atoms with Crippen LogP contribution in [0.4, 0.5) is 4.39 Å². The molecule has 1 aromatic heterocycles. The van der Waals surface area contributed by atoms with Gasteiger partial charge in [-0.15, -0.1) is 0 Å². The van der Waals surface area contributed by atoms with Gasteiger partial charge in [-0.2, -0.15) is 0 Å². The highest BCUT2D eigenvalue weighted by Crippen LogP contribution is 2.33. The van der Waals surface area contributed by atoms with Gasteiger partial charge in [0.1, 0.15) is 11.6 Å². The van der Waals surface area contributed by atoms with Gasteiger partial charge in [0.2, 0.25) is 5.91 Å². The largest absolute Gasteiger partial charge is 0.378 e. The summed E-state index contributed by atoms with van der Waals surface area (Å²) in [7, 11) is 0. The van der Waals surface area contributed by atoms with E-state index in [-0.39, 0.29) is 23.7 Å². The molecule has 1 aliphatic carbocycles. The third-order valence-electron chi connectivity index (χ3n) is 4.01. The first-order chi connectivity index (χ1) is 11.1. The van der Waals surface area contributed by atoms with Crippen molar-refractivity contribution >= 4 is 5.91 Å². The number of aryl methyl sites for hydroxylation is 1. The summed E-state index contributed by atoms with van der Waals surface area (Å²) in [5, 5.41) is 2.84. The molecule has 6 heteroatoms. The Hall–Kier alpha value is -2.21. The molecule has 2 atom stereocenters. The van der Waals surface area contributed by atoms with E-state index in [0.29, 0.717) is 18.8 Å².